The van der Waals surface area contributed by atoms with Gasteiger partial charge in [0.05, 0.1) is 28.9 Å². The van der Waals surface area contributed by atoms with Crippen LogP contribution in [0.2, 0.25) is 0 Å². The monoisotopic (exact) mass is 582 g/mol. The summed E-state index contributed by atoms with van der Waals surface area (Å²) in [7, 11) is 1.74. The zero-order valence-corrected chi connectivity index (χ0v) is 23.8. The molecule has 1 atom stereocenters. The zero-order valence-electron chi connectivity index (χ0n) is 23.8. The standard InChI is InChI=1S/C31H33F3N4O4/c1-18-29(19(2)42-36-18)20-10-15-26-25(16-20)35-30(38(26)21-11-13-23(40-3)14-12-21)27-8-5-9-28(39)37(27)22-6-4-7-24(17-22)41-31(32,33)34/h4,6-7,10,15-17,21,23,27H,5,8-9,11-14H2,1-3H3/t21?,23?,27-/m0/s1. The fraction of sp³-hybridized carbons (Fsp3) is 0.452. The van der Waals surface area contributed by atoms with Crippen molar-refractivity contribution in [3.05, 3.63) is 59.7 Å². The molecule has 42 heavy (non-hydrogen) atoms. The van der Waals surface area contributed by atoms with E-state index in [2.05, 4.69) is 20.5 Å². The van der Waals surface area contributed by atoms with Crippen LogP contribution in [-0.2, 0) is 9.53 Å². The molecule has 222 valence electrons. The molecule has 6 rings (SSSR count). The number of rotatable bonds is 6. The lowest BCUT2D eigenvalue weighted by atomic mass is 9.91. The molecular formula is C31H33F3N4O4. The number of methoxy groups -OCH3 is 1. The minimum atomic E-state index is -4.84. The van der Waals surface area contributed by atoms with Crippen LogP contribution >= 0.6 is 0 Å². The highest BCUT2D eigenvalue weighted by atomic mass is 19.4. The Labute approximate surface area is 241 Å². The van der Waals surface area contributed by atoms with E-state index in [4.69, 9.17) is 14.2 Å². The van der Waals surface area contributed by atoms with Crippen molar-refractivity contribution in [3.63, 3.8) is 0 Å². The summed E-state index contributed by atoms with van der Waals surface area (Å²) in [5.41, 5.74) is 4.73. The Morgan fingerprint density at radius 2 is 1.81 bits per heavy atom. The lowest BCUT2D eigenvalue weighted by Crippen LogP contribution is -2.40. The van der Waals surface area contributed by atoms with Crippen molar-refractivity contribution in [1.82, 2.24) is 14.7 Å². The predicted octanol–water partition coefficient (Wildman–Crippen LogP) is 7.60. The van der Waals surface area contributed by atoms with Crippen molar-refractivity contribution in [2.45, 2.75) is 83.3 Å². The average Bonchev–Trinajstić information content (AvgIpc) is 3.50. The third kappa shape index (κ3) is 5.37. The van der Waals surface area contributed by atoms with Gasteiger partial charge >= 0.3 is 6.36 Å². The molecule has 0 unspecified atom stereocenters. The van der Waals surface area contributed by atoms with Gasteiger partial charge in [-0.25, -0.2) is 4.98 Å². The highest BCUT2D eigenvalue weighted by Crippen LogP contribution is 2.42. The Bertz CT molecular complexity index is 1580. The molecule has 4 aromatic rings. The number of hydrogen-bond donors (Lipinski definition) is 0. The van der Waals surface area contributed by atoms with Crippen molar-refractivity contribution in [2.24, 2.45) is 0 Å². The molecule has 0 N–H and O–H groups in total. The first-order valence-corrected chi connectivity index (χ1v) is 14.3. The molecule has 1 amide bonds. The van der Waals surface area contributed by atoms with Crippen LogP contribution in [0.1, 0.15) is 74.3 Å². The van der Waals surface area contributed by atoms with Gasteiger partial charge in [-0.3, -0.25) is 4.79 Å². The molecule has 2 aromatic carbocycles. The van der Waals surface area contributed by atoms with Crippen LogP contribution in [0.4, 0.5) is 18.9 Å². The molecule has 2 aliphatic rings. The number of piperidine rings is 1. The van der Waals surface area contributed by atoms with Gasteiger partial charge in [0.1, 0.15) is 17.3 Å². The molecule has 0 radical (unpaired) electrons. The summed E-state index contributed by atoms with van der Waals surface area (Å²) in [6.07, 6.45) is 0.537. The number of anilines is 1. The van der Waals surface area contributed by atoms with Gasteiger partial charge in [0.25, 0.3) is 0 Å². The number of halogens is 3. The van der Waals surface area contributed by atoms with Gasteiger partial charge in [-0.1, -0.05) is 17.3 Å². The van der Waals surface area contributed by atoms with Gasteiger partial charge in [-0.15, -0.1) is 13.2 Å². The Balaban J connectivity index is 1.47. The molecule has 2 fully saturated rings. The van der Waals surface area contributed by atoms with Crippen molar-refractivity contribution >= 4 is 22.6 Å². The van der Waals surface area contributed by atoms with Crippen molar-refractivity contribution < 1.29 is 32.0 Å². The number of nitrogens with zero attached hydrogens (tertiary/aromatic N) is 4. The second-order valence-corrected chi connectivity index (χ2v) is 11.1. The zero-order chi connectivity index (χ0) is 29.6. The minimum Gasteiger partial charge on any atom is -0.406 e. The van der Waals surface area contributed by atoms with E-state index < -0.39 is 12.4 Å². The quantitative estimate of drug-likeness (QED) is 0.233. The largest absolute Gasteiger partial charge is 0.573 e. The Kier molecular flexibility index (Phi) is 7.46. The fourth-order valence-electron chi connectivity index (χ4n) is 6.59. The number of amides is 1. The number of hydrogen-bond acceptors (Lipinski definition) is 6. The van der Waals surface area contributed by atoms with Gasteiger partial charge in [0, 0.05) is 36.9 Å². The molecule has 2 aromatic heterocycles. The summed E-state index contributed by atoms with van der Waals surface area (Å²) in [6.45, 7) is 3.77. The third-order valence-electron chi connectivity index (χ3n) is 8.46. The number of aromatic nitrogens is 3. The molecule has 0 spiro atoms. The molecule has 1 aliphatic carbocycles. The van der Waals surface area contributed by atoms with Crippen LogP contribution < -0.4 is 9.64 Å². The third-order valence-corrected chi connectivity index (χ3v) is 8.46. The summed E-state index contributed by atoms with van der Waals surface area (Å²) < 4.78 is 56.5. The number of carbonyl (C=O) groups is 1. The number of fused-ring (bicyclic) bond motifs is 1. The van der Waals surface area contributed by atoms with Gasteiger partial charge in [-0.2, -0.15) is 0 Å². The highest BCUT2D eigenvalue weighted by molar-refractivity contribution is 5.95. The Hall–Kier alpha value is -3.86. The number of aryl methyl sites for hydroxylation is 2. The number of carbonyl (C=O) groups excluding carboxylic acids is 1. The number of ether oxygens (including phenoxy) is 2. The van der Waals surface area contributed by atoms with Crippen LogP contribution in [0.3, 0.4) is 0 Å². The maximum atomic E-state index is 13.4. The molecule has 1 saturated carbocycles. The van der Waals surface area contributed by atoms with Crippen LogP contribution in [-0.4, -0.2) is 40.2 Å². The molecule has 0 bridgehead atoms. The lowest BCUT2D eigenvalue weighted by Gasteiger charge is -2.37. The molecule has 8 nitrogen and oxygen atoms in total. The SMILES string of the molecule is COC1CCC(n2c([C@@H]3CCCC(=O)N3c3cccc(OC(F)(F)F)c3)nc3cc(-c4c(C)noc4C)ccc32)CC1. The first kappa shape index (κ1) is 28.3. The summed E-state index contributed by atoms with van der Waals surface area (Å²) >= 11 is 0. The topological polar surface area (TPSA) is 82.6 Å². The smallest absolute Gasteiger partial charge is 0.406 e. The summed E-state index contributed by atoms with van der Waals surface area (Å²) in [4.78, 5) is 20.2. The van der Waals surface area contributed by atoms with E-state index in [1.54, 1.807) is 18.1 Å². The number of benzene rings is 2. The first-order valence-electron chi connectivity index (χ1n) is 14.3. The molecular weight excluding hydrogens is 549 g/mol. The van der Waals surface area contributed by atoms with Crippen LogP contribution in [0.25, 0.3) is 22.2 Å². The second-order valence-electron chi connectivity index (χ2n) is 11.1. The van der Waals surface area contributed by atoms with E-state index >= 15 is 0 Å². The maximum absolute atomic E-state index is 13.4. The average molecular weight is 583 g/mol. The van der Waals surface area contributed by atoms with Crippen molar-refractivity contribution in [2.75, 3.05) is 12.0 Å². The van der Waals surface area contributed by atoms with E-state index in [1.165, 1.54) is 18.2 Å². The fourth-order valence-corrected chi connectivity index (χ4v) is 6.59. The molecule has 11 heteroatoms. The Morgan fingerprint density at radius 3 is 2.50 bits per heavy atom. The van der Waals surface area contributed by atoms with E-state index in [0.717, 1.165) is 65.1 Å². The summed E-state index contributed by atoms with van der Waals surface area (Å²) in [5.74, 6) is 0.924. The van der Waals surface area contributed by atoms with Gasteiger partial charge in [0.15, 0.2) is 0 Å². The summed E-state index contributed by atoms with van der Waals surface area (Å²) in [5, 5.41) is 4.10. The minimum absolute atomic E-state index is 0.139. The van der Waals surface area contributed by atoms with Gasteiger partial charge in [0.2, 0.25) is 5.91 Å². The predicted molar refractivity (Wildman–Crippen MR) is 150 cm³/mol. The van der Waals surface area contributed by atoms with Crippen LogP contribution in [0.5, 0.6) is 5.75 Å². The van der Waals surface area contributed by atoms with E-state index in [9.17, 15) is 18.0 Å². The highest BCUT2D eigenvalue weighted by Gasteiger charge is 2.37. The van der Waals surface area contributed by atoms with E-state index in [0.29, 0.717) is 24.9 Å². The van der Waals surface area contributed by atoms with Crippen molar-refractivity contribution in [3.8, 4) is 16.9 Å². The van der Waals surface area contributed by atoms with Crippen molar-refractivity contribution in [1.29, 1.82) is 0 Å². The maximum Gasteiger partial charge on any atom is 0.573 e. The van der Waals surface area contributed by atoms with E-state index in [-0.39, 0.29) is 23.8 Å². The summed E-state index contributed by atoms with van der Waals surface area (Å²) in [6, 6.07) is 11.4. The number of alkyl halides is 3. The normalized spacial score (nSPS) is 21.7. The first-order chi connectivity index (χ1) is 20.1. The van der Waals surface area contributed by atoms with Crippen LogP contribution in [0, 0.1) is 13.8 Å². The van der Waals surface area contributed by atoms with Gasteiger partial charge in [-0.05, 0) is 82.2 Å². The molecule has 1 aliphatic heterocycles. The van der Waals surface area contributed by atoms with Crippen LogP contribution in [0.15, 0.2) is 47.0 Å². The second kappa shape index (κ2) is 11.1. The molecule has 3 heterocycles. The van der Waals surface area contributed by atoms with Gasteiger partial charge < -0.3 is 23.5 Å². The lowest BCUT2D eigenvalue weighted by molar-refractivity contribution is -0.274. The molecule has 1 saturated heterocycles. The Morgan fingerprint density at radius 1 is 1.02 bits per heavy atom. The number of imidazole rings is 1. The van der Waals surface area contributed by atoms with E-state index in [1.807, 2.05) is 26.0 Å².